The Morgan fingerprint density at radius 2 is 2.20 bits per heavy atom. The quantitative estimate of drug-likeness (QED) is 0.266. The van der Waals surface area contributed by atoms with Gasteiger partial charge in [-0.15, -0.1) is 0 Å². The summed E-state index contributed by atoms with van der Waals surface area (Å²) in [6.45, 7) is 1.81. The fraction of sp³-hybridized carbons (Fsp3) is 0.667. The first-order valence-corrected chi connectivity index (χ1v) is 1.35. The molecule has 26 valence electrons. The van der Waals surface area contributed by atoms with Crippen LogP contribution in [0.3, 0.4) is 0 Å². The van der Waals surface area contributed by atoms with Crippen LogP contribution in [0.25, 0.3) is 0 Å². The van der Waals surface area contributed by atoms with Crippen LogP contribution in [-0.4, -0.2) is 6.29 Å². The molecule has 0 atom stereocenters. The molecule has 0 aliphatic carbocycles. The van der Waals surface area contributed by atoms with Crippen molar-refractivity contribution in [2.45, 2.75) is 13.3 Å². The Hall–Kier alpha value is 1.31. The molecule has 0 aromatic heterocycles. The van der Waals surface area contributed by atoms with Gasteiger partial charge in [0.15, 0.2) is 0 Å². The predicted molar refractivity (Wildman–Crippen MR) is 17.5 cm³/mol. The van der Waals surface area contributed by atoms with E-state index in [2.05, 4.69) is 0 Å². The third-order valence-corrected chi connectivity index (χ3v) is 0.167. The van der Waals surface area contributed by atoms with Crippen LogP contribution in [0.1, 0.15) is 14.8 Å². The van der Waals surface area contributed by atoms with Gasteiger partial charge < -0.3 is 6.22 Å². The molecule has 0 aliphatic rings. The average Bonchev–Trinajstić information content (AvgIpc) is 1.37. The van der Waals surface area contributed by atoms with Gasteiger partial charge in [0, 0.05) is 6.42 Å². The zero-order chi connectivity index (χ0) is 3.41. The summed E-state index contributed by atoms with van der Waals surface area (Å²) >= 11 is 0. The summed E-state index contributed by atoms with van der Waals surface area (Å²) < 4.78 is 0. The molecule has 0 aromatic carbocycles. The van der Waals surface area contributed by atoms with E-state index in [1.807, 2.05) is 6.92 Å². The van der Waals surface area contributed by atoms with Crippen LogP contribution in [0.2, 0.25) is 0 Å². The molecule has 0 rings (SSSR count). The third-order valence-electron chi connectivity index (χ3n) is 0.167. The Morgan fingerprint density at radius 3 is 2.20 bits per heavy atom. The summed E-state index contributed by atoms with van der Waals surface area (Å²) in [4.78, 5) is 9.17. The van der Waals surface area contributed by atoms with Crippen molar-refractivity contribution in [3.8, 4) is 0 Å². The maximum Gasteiger partial charge on any atom is 1.00 e. The van der Waals surface area contributed by atoms with Crippen LogP contribution < -0.4 is 51.4 Å². The van der Waals surface area contributed by atoms with E-state index < -0.39 is 0 Å². The van der Waals surface area contributed by atoms with Gasteiger partial charge in [-0.3, -0.25) is 0 Å². The minimum atomic E-state index is 0. The van der Waals surface area contributed by atoms with Crippen molar-refractivity contribution in [3.05, 3.63) is 0 Å². The standard InChI is InChI=1S/C3H6O.K.H/c1-2-3-4;;/h3H,2H2,1H3;;/q;+1;-1. The number of hydrogen-bond acceptors (Lipinski definition) is 1. The van der Waals surface area contributed by atoms with Gasteiger partial charge in [-0.25, -0.2) is 0 Å². The molecule has 0 aliphatic heterocycles. The number of carbonyl (C=O) groups excluding carboxylic acids is 1. The molecular weight excluding hydrogens is 91.1 g/mol. The molecule has 0 amide bonds. The molecule has 0 fully saturated rings. The fourth-order valence-corrected chi connectivity index (χ4v) is 0. The second-order valence-electron chi connectivity index (χ2n) is 0.575. The topological polar surface area (TPSA) is 17.1 Å². The monoisotopic (exact) mass is 98.0 g/mol. The molecule has 0 unspecified atom stereocenters. The number of rotatable bonds is 1. The number of hydrogen-bond donors (Lipinski definition) is 0. The minimum absolute atomic E-state index is 0. The van der Waals surface area contributed by atoms with E-state index in [9.17, 15) is 4.79 Å². The van der Waals surface area contributed by atoms with Gasteiger partial charge in [-0.1, -0.05) is 6.92 Å². The maximum atomic E-state index is 9.17. The van der Waals surface area contributed by atoms with E-state index in [4.69, 9.17) is 0 Å². The van der Waals surface area contributed by atoms with Gasteiger partial charge in [-0.05, 0) is 0 Å². The van der Waals surface area contributed by atoms with Crippen molar-refractivity contribution < 1.29 is 57.6 Å². The molecule has 0 saturated heterocycles. The van der Waals surface area contributed by atoms with Crippen molar-refractivity contribution in [1.82, 2.24) is 0 Å². The Morgan fingerprint density at radius 1 is 2.00 bits per heavy atom. The molecule has 5 heavy (non-hydrogen) atoms. The van der Waals surface area contributed by atoms with Crippen LogP contribution in [0.5, 0.6) is 0 Å². The summed E-state index contributed by atoms with van der Waals surface area (Å²) in [6.07, 6.45) is 1.51. The van der Waals surface area contributed by atoms with Crippen LogP contribution >= 0.6 is 0 Å². The molecule has 0 aromatic rings. The second-order valence-corrected chi connectivity index (χ2v) is 0.575. The molecular formula is C3H7KO. The Kier molecular flexibility index (Phi) is 17.2. The Labute approximate surface area is 76.0 Å². The van der Waals surface area contributed by atoms with Crippen molar-refractivity contribution in [1.29, 1.82) is 0 Å². The zero-order valence-corrected chi connectivity index (χ0v) is 6.82. The van der Waals surface area contributed by atoms with Gasteiger partial charge in [-0.2, -0.15) is 0 Å². The molecule has 0 N–H and O–H groups in total. The summed E-state index contributed by atoms with van der Waals surface area (Å²) in [5.74, 6) is 0. The van der Waals surface area contributed by atoms with Crippen LogP contribution in [0.15, 0.2) is 0 Å². The molecule has 0 saturated carbocycles. The van der Waals surface area contributed by atoms with Crippen molar-refractivity contribution in [2.75, 3.05) is 0 Å². The summed E-state index contributed by atoms with van der Waals surface area (Å²) in [6, 6.07) is 0. The summed E-state index contributed by atoms with van der Waals surface area (Å²) in [7, 11) is 0. The van der Waals surface area contributed by atoms with E-state index in [-0.39, 0.29) is 52.8 Å². The SMILES string of the molecule is CCC=O.[H-].[K+]. The first kappa shape index (κ1) is 9.58. The van der Waals surface area contributed by atoms with Gasteiger partial charge >= 0.3 is 51.4 Å². The first-order valence-electron chi connectivity index (χ1n) is 1.35. The second kappa shape index (κ2) is 9.00. The van der Waals surface area contributed by atoms with E-state index in [1.165, 1.54) is 0 Å². The van der Waals surface area contributed by atoms with Gasteiger partial charge in [0.1, 0.15) is 6.29 Å². The minimum Gasteiger partial charge on any atom is -1.00 e. The number of carbonyl (C=O) groups is 1. The predicted octanol–water partition coefficient (Wildman–Crippen LogP) is -2.29. The van der Waals surface area contributed by atoms with Crippen molar-refractivity contribution >= 4 is 6.29 Å². The molecule has 1 nitrogen and oxygen atoms in total. The van der Waals surface area contributed by atoms with E-state index in [0.717, 1.165) is 6.29 Å². The Balaban J connectivity index is -0.0000000450. The Bertz CT molecular complexity index is 24.8. The van der Waals surface area contributed by atoms with E-state index >= 15 is 0 Å². The maximum absolute atomic E-state index is 9.17. The zero-order valence-electron chi connectivity index (χ0n) is 4.69. The largest absolute Gasteiger partial charge is 1.00 e. The van der Waals surface area contributed by atoms with Gasteiger partial charge in [0.2, 0.25) is 0 Å². The average molecular weight is 98.2 g/mol. The van der Waals surface area contributed by atoms with Crippen LogP contribution in [0.4, 0.5) is 0 Å². The van der Waals surface area contributed by atoms with Crippen molar-refractivity contribution in [3.63, 3.8) is 0 Å². The normalized spacial score (nSPS) is 5.00. The van der Waals surface area contributed by atoms with Crippen molar-refractivity contribution in [2.24, 2.45) is 0 Å². The summed E-state index contributed by atoms with van der Waals surface area (Å²) in [5, 5.41) is 0. The smallest absolute Gasteiger partial charge is 1.00 e. The van der Waals surface area contributed by atoms with Crippen LogP contribution in [-0.2, 0) is 4.79 Å². The van der Waals surface area contributed by atoms with Gasteiger partial charge in [0.25, 0.3) is 0 Å². The van der Waals surface area contributed by atoms with E-state index in [1.54, 1.807) is 0 Å². The molecule has 0 radical (unpaired) electrons. The molecule has 2 heteroatoms. The fourth-order valence-electron chi connectivity index (χ4n) is 0. The van der Waals surface area contributed by atoms with E-state index in [0.29, 0.717) is 6.42 Å². The van der Waals surface area contributed by atoms with Crippen LogP contribution in [0, 0.1) is 0 Å². The van der Waals surface area contributed by atoms with Gasteiger partial charge in [0.05, 0.1) is 0 Å². The molecule has 0 bridgehead atoms. The third kappa shape index (κ3) is 10.9. The molecule has 0 heterocycles. The first-order chi connectivity index (χ1) is 1.91. The molecule has 0 spiro atoms. The summed E-state index contributed by atoms with van der Waals surface area (Å²) in [5.41, 5.74) is 0. The number of aldehydes is 1.